The zero-order valence-electron chi connectivity index (χ0n) is 68.2. The SMILES string of the molecule is CC/C=C\C/C=C\C/C=C\C/C=C\C/C=C\C/C=C\CCCCCCC(=O)OCC(COP(=O)(O)OCC(O)COP(=O)(O)OCC(O)COC(=O)CCCCCCCCCCCCCCCCCCC/C=C\C/C=C\C/C=C\C/C=C\CCCCC)OC(=O)CCCCCC/C=C\C/C=C\C/C=C\C/C=C\CC. The van der Waals surface area contributed by atoms with Gasteiger partial charge in [0, 0.05) is 19.3 Å². The summed E-state index contributed by atoms with van der Waals surface area (Å²) >= 11 is 0. The summed E-state index contributed by atoms with van der Waals surface area (Å²) in [6.07, 6.45) is 106. The van der Waals surface area contributed by atoms with E-state index < -0.39 is 91.5 Å². The van der Waals surface area contributed by atoms with Gasteiger partial charge < -0.3 is 34.2 Å². The average molecular weight is 1560 g/mol. The summed E-state index contributed by atoms with van der Waals surface area (Å²) in [6, 6.07) is 0. The largest absolute Gasteiger partial charge is 0.472 e. The lowest BCUT2D eigenvalue weighted by atomic mass is 10.0. The van der Waals surface area contributed by atoms with Gasteiger partial charge in [0.25, 0.3) is 0 Å². The van der Waals surface area contributed by atoms with E-state index in [2.05, 4.69) is 191 Å². The van der Waals surface area contributed by atoms with Crippen LogP contribution in [0.5, 0.6) is 0 Å². The van der Waals surface area contributed by atoms with Gasteiger partial charge in [0.2, 0.25) is 0 Å². The number of phosphoric ester groups is 2. The lowest BCUT2D eigenvalue weighted by molar-refractivity contribution is -0.161. The third-order valence-corrected chi connectivity index (χ3v) is 19.3. The molecule has 622 valence electrons. The second-order valence-electron chi connectivity index (χ2n) is 27.9. The van der Waals surface area contributed by atoms with E-state index in [-0.39, 0.29) is 19.3 Å². The normalized spacial score (nSPS) is 14.7. The lowest BCUT2D eigenvalue weighted by Crippen LogP contribution is -2.30. The Labute approximate surface area is 662 Å². The second kappa shape index (κ2) is 82.4. The molecule has 0 rings (SSSR count). The van der Waals surface area contributed by atoms with Crippen molar-refractivity contribution < 1.29 is 75.8 Å². The lowest BCUT2D eigenvalue weighted by Gasteiger charge is -2.21. The number of hydrogen-bond acceptors (Lipinski definition) is 14. The summed E-state index contributed by atoms with van der Waals surface area (Å²) in [4.78, 5) is 58.8. The number of ether oxygens (including phenoxy) is 3. The molecule has 0 aromatic carbocycles. The van der Waals surface area contributed by atoms with Crippen LogP contribution >= 0.6 is 15.6 Å². The maximum absolute atomic E-state index is 13.0. The first-order valence-corrected chi connectivity index (χ1v) is 45.4. The van der Waals surface area contributed by atoms with Crippen molar-refractivity contribution in [3.63, 3.8) is 0 Å². The molecule has 0 fully saturated rings. The second-order valence-corrected chi connectivity index (χ2v) is 30.8. The minimum absolute atomic E-state index is 0.0645. The summed E-state index contributed by atoms with van der Waals surface area (Å²) in [5.41, 5.74) is 0. The zero-order valence-corrected chi connectivity index (χ0v) is 70.0. The highest BCUT2D eigenvalue weighted by molar-refractivity contribution is 7.47. The van der Waals surface area contributed by atoms with E-state index in [1.54, 1.807) is 0 Å². The number of carbonyl (C=O) groups is 3. The first-order valence-electron chi connectivity index (χ1n) is 42.4. The fourth-order valence-corrected chi connectivity index (χ4v) is 12.6. The van der Waals surface area contributed by atoms with Crippen molar-refractivity contribution in [2.75, 3.05) is 39.6 Å². The van der Waals surface area contributed by atoms with Crippen LogP contribution in [0.4, 0.5) is 0 Å². The molecule has 0 aromatic rings. The van der Waals surface area contributed by atoms with E-state index in [9.17, 15) is 43.5 Å². The van der Waals surface area contributed by atoms with Crippen LogP contribution in [0.15, 0.2) is 170 Å². The highest BCUT2D eigenvalue weighted by atomic mass is 31.2. The first-order chi connectivity index (χ1) is 53.2. The molecule has 0 spiro atoms. The highest BCUT2D eigenvalue weighted by Gasteiger charge is 2.29. The summed E-state index contributed by atoms with van der Waals surface area (Å²) in [6.45, 7) is 2.37. The number of unbranched alkanes of at least 4 members (excludes halogenated alkanes) is 28. The Bertz CT molecular complexity index is 2660. The fraction of sp³-hybridized carbons (Fsp3) is 0.659. The molecule has 0 bridgehead atoms. The predicted octanol–water partition coefficient (Wildman–Crippen LogP) is 25.5. The summed E-state index contributed by atoms with van der Waals surface area (Å²) < 4.78 is 61.2. The maximum Gasteiger partial charge on any atom is 0.472 e. The van der Waals surface area contributed by atoms with Gasteiger partial charge >= 0.3 is 33.6 Å². The molecule has 109 heavy (non-hydrogen) atoms. The van der Waals surface area contributed by atoms with Gasteiger partial charge in [-0.15, -0.1) is 0 Å². The van der Waals surface area contributed by atoms with Gasteiger partial charge in [-0.25, -0.2) is 9.13 Å². The number of carbonyl (C=O) groups excluding carboxylic acids is 3. The van der Waals surface area contributed by atoms with Gasteiger partial charge in [-0.05, 0) is 154 Å². The van der Waals surface area contributed by atoms with Crippen LogP contribution in [0.3, 0.4) is 0 Å². The van der Waals surface area contributed by atoms with Gasteiger partial charge in [-0.1, -0.05) is 326 Å². The van der Waals surface area contributed by atoms with Gasteiger partial charge in [0.15, 0.2) is 6.10 Å². The van der Waals surface area contributed by atoms with Crippen molar-refractivity contribution in [3.8, 4) is 0 Å². The molecule has 0 aromatic heterocycles. The summed E-state index contributed by atoms with van der Waals surface area (Å²) in [5, 5.41) is 20.7. The van der Waals surface area contributed by atoms with Gasteiger partial charge in [-0.2, -0.15) is 0 Å². The summed E-state index contributed by atoms with van der Waals surface area (Å²) in [7, 11) is -9.82. The Balaban J connectivity index is 4.54. The molecular formula is C91H152O16P2. The first kappa shape index (κ1) is 104. The number of aliphatic hydroxyl groups excluding tert-OH is 2. The molecule has 4 N–H and O–H groups in total. The van der Waals surface area contributed by atoms with Crippen molar-refractivity contribution in [1.29, 1.82) is 0 Å². The quantitative estimate of drug-likeness (QED) is 0.0146. The number of phosphoric acid groups is 2. The van der Waals surface area contributed by atoms with Crippen molar-refractivity contribution in [1.82, 2.24) is 0 Å². The minimum Gasteiger partial charge on any atom is -0.463 e. The molecule has 0 saturated heterocycles. The Morgan fingerprint density at radius 2 is 0.486 bits per heavy atom. The van der Waals surface area contributed by atoms with Crippen molar-refractivity contribution in [3.05, 3.63) is 170 Å². The van der Waals surface area contributed by atoms with E-state index >= 15 is 0 Å². The topological polar surface area (TPSA) is 231 Å². The van der Waals surface area contributed by atoms with Crippen molar-refractivity contribution in [2.24, 2.45) is 0 Å². The van der Waals surface area contributed by atoms with Crippen LogP contribution in [0.1, 0.15) is 329 Å². The molecule has 0 aliphatic heterocycles. The molecule has 0 aliphatic rings. The molecule has 18 heteroatoms. The van der Waals surface area contributed by atoms with Crippen LogP contribution in [0.25, 0.3) is 0 Å². The number of hydrogen-bond donors (Lipinski definition) is 4. The zero-order chi connectivity index (χ0) is 79.4. The maximum atomic E-state index is 13.0. The van der Waals surface area contributed by atoms with Crippen LogP contribution in [0.2, 0.25) is 0 Å². The number of allylic oxidation sites excluding steroid dienone is 28. The van der Waals surface area contributed by atoms with E-state index in [0.29, 0.717) is 19.3 Å². The van der Waals surface area contributed by atoms with Gasteiger partial charge in [0.1, 0.15) is 25.4 Å². The van der Waals surface area contributed by atoms with Crippen LogP contribution in [-0.4, -0.2) is 95.9 Å². The number of aliphatic hydroxyl groups is 2. The molecule has 0 heterocycles. The Morgan fingerprint density at radius 3 is 0.771 bits per heavy atom. The predicted molar refractivity (Wildman–Crippen MR) is 454 cm³/mol. The molecule has 0 saturated carbocycles. The van der Waals surface area contributed by atoms with Crippen LogP contribution in [0, 0.1) is 0 Å². The standard InChI is InChI=1S/C91H152O16P2/c1-4-7-10-13-16-19-22-25-28-31-33-35-37-38-39-40-41-42-43-44-45-46-48-50-51-54-56-59-62-65-68-71-74-77-89(94)101-80-86(92)81-103-108(97,98)104-82-87(93)83-105-109(99,100)106-85-88(107-91(96)79-76-73-70-67-64-61-58-53-30-27-24-21-18-15-12-9-6-3)84-102-90(95)78-75-72-69-66-63-60-57-55-52-49-47-36-34-32-29-26-23-20-17-14-11-8-5-2/h8-9,11-12,16-21,25-30,33-36,38-39,49,52,57-58,60-61,86-88,92-93H,4-7,10,13-15,22-24,31-32,37,40-48,50-51,53-56,59,62-85H2,1-3H3,(H,97,98)(H,99,100)/b11-8-,12-9-,19-16-,20-17-,21-18-,28-25-,29-26-,30-27-,35-33-,36-34-,39-38-,52-49-,60-57-,61-58-. The Hall–Kier alpha value is -5.09. The molecule has 0 amide bonds. The van der Waals surface area contributed by atoms with Crippen LogP contribution < -0.4 is 0 Å². The number of esters is 3. The molecule has 0 radical (unpaired) electrons. The smallest absolute Gasteiger partial charge is 0.463 e. The van der Waals surface area contributed by atoms with Crippen molar-refractivity contribution in [2.45, 2.75) is 347 Å². The Morgan fingerprint density at radius 1 is 0.266 bits per heavy atom. The number of rotatable bonds is 79. The third-order valence-electron chi connectivity index (χ3n) is 17.4. The van der Waals surface area contributed by atoms with Crippen LogP contribution in [-0.2, 0) is 55.8 Å². The monoisotopic (exact) mass is 1560 g/mol. The molecule has 5 atom stereocenters. The van der Waals surface area contributed by atoms with Gasteiger partial charge in [-0.3, -0.25) is 32.5 Å². The van der Waals surface area contributed by atoms with E-state index in [1.807, 2.05) is 0 Å². The molecule has 0 aliphatic carbocycles. The van der Waals surface area contributed by atoms with Crippen molar-refractivity contribution >= 4 is 33.6 Å². The van der Waals surface area contributed by atoms with Gasteiger partial charge in [0.05, 0.1) is 26.4 Å². The minimum atomic E-state index is -4.95. The molecular weight excluding hydrogens is 1410 g/mol. The van der Waals surface area contributed by atoms with E-state index in [4.69, 9.17) is 32.3 Å². The average Bonchev–Trinajstić information content (AvgIpc) is 0.868. The fourth-order valence-electron chi connectivity index (χ4n) is 11.0. The Kier molecular flexibility index (Phi) is 78.5. The van der Waals surface area contributed by atoms with E-state index in [1.165, 1.54) is 116 Å². The summed E-state index contributed by atoms with van der Waals surface area (Å²) in [5.74, 6) is -1.64. The molecule has 16 nitrogen and oxygen atoms in total. The van der Waals surface area contributed by atoms with E-state index in [0.717, 1.165) is 154 Å². The third kappa shape index (κ3) is 83.7. The molecule has 5 unspecified atom stereocenters. The highest BCUT2D eigenvalue weighted by Crippen LogP contribution is 2.45.